The Balaban J connectivity index is 3.08. The van der Waals surface area contributed by atoms with Crippen molar-refractivity contribution in [3.05, 3.63) is 0 Å². The summed E-state index contributed by atoms with van der Waals surface area (Å²) in [5.41, 5.74) is 0. The van der Waals surface area contributed by atoms with E-state index in [1.807, 2.05) is 6.92 Å². The van der Waals surface area contributed by atoms with Crippen LogP contribution in [0.1, 0.15) is 39.0 Å². The molecule has 74 valence electrons. The van der Waals surface area contributed by atoms with E-state index < -0.39 is 0 Å². The van der Waals surface area contributed by atoms with E-state index in [2.05, 4.69) is 25.3 Å². The second-order valence-corrected chi connectivity index (χ2v) is 4.48. The van der Waals surface area contributed by atoms with E-state index in [0.29, 0.717) is 5.25 Å². The summed E-state index contributed by atoms with van der Waals surface area (Å²) >= 11 is 8.57. The van der Waals surface area contributed by atoms with Gasteiger partial charge in [0.1, 0.15) is 0 Å². The Hall–Kier alpha value is 0.660. The summed E-state index contributed by atoms with van der Waals surface area (Å²) in [7, 11) is 0. The van der Waals surface area contributed by atoms with E-state index in [1.165, 1.54) is 6.42 Å². The van der Waals surface area contributed by atoms with Crippen molar-refractivity contribution in [2.75, 3.05) is 5.75 Å². The minimum atomic E-state index is -0.145. The number of aliphatic hydroxyl groups is 1. The fourth-order valence-electron chi connectivity index (χ4n) is 1.11. The second kappa shape index (κ2) is 8.27. The van der Waals surface area contributed by atoms with Crippen LogP contribution in [0.5, 0.6) is 0 Å². The van der Waals surface area contributed by atoms with Crippen molar-refractivity contribution >= 4 is 25.3 Å². The third-order valence-corrected chi connectivity index (χ3v) is 2.65. The Morgan fingerprint density at radius 3 is 2.25 bits per heavy atom. The Kier molecular flexibility index (Phi) is 8.72. The first kappa shape index (κ1) is 12.7. The lowest BCUT2D eigenvalue weighted by molar-refractivity contribution is 0.180. The molecular weight excluding hydrogens is 188 g/mol. The monoisotopic (exact) mass is 208 g/mol. The summed E-state index contributed by atoms with van der Waals surface area (Å²) in [6.45, 7) is 1.84. The molecule has 2 atom stereocenters. The Bertz CT molecular complexity index is 96.5. The van der Waals surface area contributed by atoms with Crippen LogP contribution >= 0.6 is 25.3 Å². The minimum absolute atomic E-state index is 0.145. The summed E-state index contributed by atoms with van der Waals surface area (Å²) in [5.74, 6) is 0.921. The van der Waals surface area contributed by atoms with Crippen LogP contribution in [0, 0.1) is 0 Å². The van der Waals surface area contributed by atoms with Crippen molar-refractivity contribution in [2.45, 2.75) is 50.4 Å². The lowest BCUT2D eigenvalue weighted by atomic mass is 10.1. The molecule has 0 heterocycles. The molecule has 0 fully saturated rings. The first-order chi connectivity index (χ1) is 5.66. The molecule has 0 aliphatic rings. The van der Waals surface area contributed by atoms with Crippen LogP contribution in [0.15, 0.2) is 0 Å². The van der Waals surface area contributed by atoms with E-state index in [4.69, 9.17) is 5.11 Å². The molecule has 1 nitrogen and oxygen atoms in total. The summed E-state index contributed by atoms with van der Waals surface area (Å²) in [5, 5.41) is 9.49. The van der Waals surface area contributed by atoms with E-state index in [0.717, 1.165) is 31.4 Å². The number of aliphatic hydroxyl groups excluding tert-OH is 1. The predicted octanol–water partition coefficient (Wildman–Crippen LogP) is 2.55. The molecule has 0 amide bonds. The number of unbranched alkanes of at least 4 members (excludes halogenated alkanes) is 1. The van der Waals surface area contributed by atoms with Crippen LogP contribution < -0.4 is 0 Å². The molecule has 1 N–H and O–H groups in total. The van der Waals surface area contributed by atoms with E-state index in [-0.39, 0.29) is 6.10 Å². The maximum atomic E-state index is 8.99. The van der Waals surface area contributed by atoms with Crippen LogP contribution in [0.3, 0.4) is 0 Å². The van der Waals surface area contributed by atoms with Gasteiger partial charge in [-0.1, -0.05) is 12.8 Å². The zero-order chi connectivity index (χ0) is 9.40. The molecule has 0 rings (SSSR count). The zero-order valence-electron chi connectivity index (χ0n) is 7.74. The summed E-state index contributed by atoms with van der Waals surface area (Å²) in [6, 6.07) is 0. The highest BCUT2D eigenvalue weighted by Gasteiger charge is 2.01. The van der Waals surface area contributed by atoms with Gasteiger partial charge in [0.15, 0.2) is 0 Å². The van der Waals surface area contributed by atoms with E-state index in [9.17, 15) is 0 Å². The van der Waals surface area contributed by atoms with Gasteiger partial charge in [0.2, 0.25) is 0 Å². The van der Waals surface area contributed by atoms with Gasteiger partial charge in [0.05, 0.1) is 6.10 Å². The highest BCUT2D eigenvalue weighted by Crippen LogP contribution is 2.13. The van der Waals surface area contributed by atoms with Gasteiger partial charge in [0.25, 0.3) is 0 Å². The predicted molar refractivity (Wildman–Crippen MR) is 61.4 cm³/mol. The Morgan fingerprint density at radius 2 is 1.75 bits per heavy atom. The maximum absolute atomic E-state index is 8.99. The summed E-state index contributed by atoms with van der Waals surface area (Å²) in [6.07, 6.45) is 5.29. The molecule has 0 saturated heterocycles. The second-order valence-electron chi connectivity index (χ2n) is 3.30. The topological polar surface area (TPSA) is 20.2 Å². The molecule has 0 aromatic carbocycles. The van der Waals surface area contributed by atoms with Gasteiger partial charge >= 0.3 is 0 Å². The van der Waals surface area contributed by atoms with E-state index in [1.54, 1.807) is 0 Å². The average molecular weight is 208 g/mol. The molecule has 0 spiro atoms. The molecule has 0 bridgehead atoms. The third kappa shape index (κ3) is 8.75. The van der Waals surface area contributed by atoms with E-state index >= 15 is 0 Å². The Labute approximate surface area is 86.8 Å². The molecule has 12 heavy (non-hydrogen) atoms. The molecular formula is C9H20OS2. The highest BCUT2D eigenvalue weighted by atomic mass is 32.1. The van der Waals surface area contributed by atoms with Crippen LogP contribution in [-0.4, -0.2) is 22.2 Å². The highest BCUT2D eigenvalue weighted by molar-refractivity contribution is 7.81. The van der Waals surface area contributed by atoms with Crippen molar-refractivity contribution in [3.8, 4) is 0 Å². The first-order valence-corrected chi connectivity index (χ1v) is 5.78. The maximum Gasteiger partial charge on any atom is 0.0512 e. The first-order valence-electron chi connectivity index (χ1n) is 4.63. The molecule has 0 aliphatic carbocycles. The number of hydrogen-bond acceptors (Lipinski definition) is 3. The van der Waals surface area contributed by atoms with Crippen LogP contribution in [-0.2, 0) is 0 Å². The lowest BCUT2D eigenvalue weighted by Gasteiger charge is -2.08. The van der Waals surface area contributed by atoms with Gasteiger partial charge in [-0.25, -0.2) is 0 Å². The van der Waals surface area contributed by atoms with Gasteiger partial charge in [-0.05, 0) is 31.9 Å². The van der Waals surface area contributed by atoms with Gasteiger partial charge in [-0.3, -0.25) is 0 Å². The van der Waals surface area contributed by atoms with Crippen molar-refractivity contribution in [2.24, 2.45) is 0 Å². The fourth-order valence-corrected chi connectivity index (χ4v) is 1.94. The van der Waals surface area contributed by atoms with Crippen molar-refractivity contribution in [1.82, 2.24) is 0 Å². The number of hydrogen-bond donors (Lipinski definition) is 3. The molecule has 3 heteroatoms. The van der Waals surface area contributed by atoms with Crippen LogP contribution in [0.4, 0.5) is 0 Å². The quantitative estimate of drug-likeness (QED) is 0.434. The molecule has 0 radical (unpaired) electrons. The van der Waals surface area contributed by atoms with Crippen LogP contribution in [0.2, 0.25) is 0 Å². The molecule has 0 aromatic rings. The van der Waals surface area contributed by atoms with Gasteiger partial charge in [0, 0.05) is 5.25 Å². The third-order valence-electron chi connectivity index (χ3n) is 1.87. The Morgan fingerprint density at radius 1 is 1.17 bits per heavy atom. The molecule has 0 aromatic heterocycles. The summed E-state index contributed by atoms with van der Waals surface area (Å²) in [4.78, 5) is 0. The largest absolute Gasteiger partial charge is 0.393 e. The van der Waals surface area contributed by atoms with Crippen molar-refractivity contribution < 1.29 is 5.11 Å². The SMILES string of the molecule is CC(O)CCCCC(S)CCS. The van der Waals surface area contributed by atoms with Crippen molar-refractivity contribution in [3.63, 3.8) is 0 Å². The zero-order valence-corrected chi connectivity index (χ0v) is 9.53. The van der Waals surface area contributed by atoms with Gasteiger partial charge in [-0.15, -0.1) is 0 Å². The van der Waals surface area contributed by atoms with Gasteiger partial charge < -0.3 is 5.11 Å². The molecule has 0 aliphatic heterocycles. The molecule has 0 saturated carbocycles. The fraction of sp³-hybridized carbons (Fsp3) is 1.00. The number of thiol groups is 2. The van der Waals surface area contributed by atoms with Crippen molar-refractivity contribution in [1.29, 1.82) is 0 Å². The van der Waals surface area contributed by atoms with Crippen LogP contribution in [0.25, 0.3) is 0 Å². The smallest absolute Gasteiger partial charge is 0.0512 e. The van der Waals surface area contributed by atoms with Gasteiger partial charge in [-0.2, -0.15) is 25.3 Å². The minimum Gasteiger partial charge on any atom is -0.393 e. The standard InChI is InChI=1S/C9H20OS2/c1-8(10)4-2-3-5-9(12)6-7-11/h8-12H,2-7H2,1H3. The normalized spacial score (nSPS) is 16.0. The average Bonchev–Trinajstić information content (AvgIpc) is 1.98. The molecule has 2 unspecified atom stereocenters. The summed E-state index contributed by atoms with van der Waals surface area (Å²) < 4.78 is 0. The number of rotatable bonds is 7. The lowest BCUT2D eigenvalue weighted by Crippen LogP contribution is -2.02.